The van der Waals surface area contributed by atoms with Crippen molar-refractivity contribution in [2.24, 2.45) is 5.90 Å². The molecule has 13 heavy (non-hydrogen) atoms. The van der Waals surface area contributed by atoms with Gasteiger partial charge in [-0.25, -0.2) is 5.90 Å². The highest BCUT2D eigenvalue weighted by Crippen LogP contribution is 2.14. The number of hydrogen-bond acceptors (Lipinski definition) is 3. The smallest absolute Gasteiger partial charge is 0.252 e. The quantitative estimate of drug-likeness (QED) is 0.720. The average molecular weight is 201 g/mol. The molecule has 4 nitrogen and oxygen atoms in total. The van der Waals surface area contributed by atoms with Gasteiger partial charge in [0, 0.05) is 10.7 Å². The van der Waals surface area contributed by atoms with E-state index < -0.39 is 0 Å². The van der Waals surface area contributed by atoms with Crippen molar-refractivity contribution in [3.8, 4) is 0 Å². The van der Waals surface area contributed by atoms with E-state index in [2.05, 4.69) is 10.2 Å². The largest absolute Gasteiger partial charge is 0.324 e. The first-order valence-electron chi connectivity index (χ1n) is 3.59. The van der Waals surface area contributed by atoms with Crippen LogP contribution in [0.1, 0.15) is 0 Å². The molecule has 0 spiro atoms. The second-order valence-corrected chi connectivity index (χ2v) is 2.81. The van der Waals surface area contributed by atoms with Gasteiger partial charge in [0.1, 0.15) is 6.61 Å². The number of anilines is 1. The van der Waals surface area contributed by atoms with Crippen molar-refractivity contribution in [1.29, 1.82) is 0 Å². The Morgan fingerprint density at radius 2 is 2.38 bits per heavy atom. The molecule has 1 rings (SSSR count). The van der Waals surface area contributed by atoms with Crippen LogP contribution in [0.3, 0.4) is 0 Å². The Morgan fingerprint density at radius 3 is 3.00 bits per heavy atom. The van der Waals surface area contributed by atoms with Gasteiger partial charge in [-0.1, -0.05) is 17.7 Å². The fourth-order valence-electron chi connectivity index (χ4n) is 0.839. The maximum atomic E-state index is 11.0. The Balaban J connectivity index is 2.58. The molecule has 1 aromatic rings. The Labute approximate surface area is 80.6 Å². The van der Waals surface area contributed by atoms with Crippen LogP contribution in [0, 0.1) is 0 Å². The molecule has 0 radical (unpaired) electrons. The number of rotatable bonds is 3. The van der Waals surface area contributed by atoms with Crippen molar-refractivity contribution >= 4 is 23.2 Å². The summed E-state index contributed by atoms with van der Waals surface area (Å²) in [6.07, 6.45) is 0. The van der Waals surface area contributed by atoms with Crippen molar-refractivity contribution in [1.82, 2.24) is 0 Å². The Morgan fingerprint density at radius 1 is 1.62 bits per heavy atom. The first-order chi connectivity index (χ1) is 6.22. The minimum Gasteiger partial charge on any atom is -0.324 e. The van der Waals surface area contributed by atoms with Gasteiger partial charge in [-0.05, 0) is 18.2 Å². The van der Waals surface area contributed by atoms with Gasteiger partial charge in [0.25, 0.3) is 5.91 Å². The third kappa shape index (κ3) is 3.42. The van der Waals surface area contributed by atoms with E-state index in [1.165, 1.54) is 0 Å². The minimum atomic E-state index is -0.315. The Bertz CT molecular complexity index is 304. The van der Waals surface area contributed by atoms with Gasteiger partial charge in [0.15, 0.2) is 0 Å². The normalized spacial score (nSPS) is 9.69. The SMILES string of the molecule is NOCC(=O)Nc1cccc(Cl)c1. The highest BCUT2D eigenvalue weighted by atomic mass is 35.5. The van der Waals surface area contributed by atoms with Gasteiger partial charge in [-0.2, -0.15) is 0 Å². The van der Waals surface area contributed by atoms with Gasteiger partial charge < -0.3 is 5.32 Å². The summed E-state index contributed by atoms with van der Waals surface area (Å²) in [4.78, 5) is 15.1. The highest BCUT2D eigenvalue weighted by molar-refractivity contribution is 6.30. The van der Waals surface area contributed by atoms with Crippen molar-refractivity contribution in [3.63, 3.8) is 0 Å². The molecule has 1 aromatic carbocycles. The van der Waals surface area contributed by atoms with Crippen LogP contribution < -0.4 is 11.2 Å². The summed E-state index contributed by atoms with van der Waals surface area (Å²) in [5.74, 6) is 4.41. The van der Waals surface area contributed by atoms with Crippen LogP contribution in [0.2, 0.25) is 5.02 Å². The lowest BCUT2D eigenvalue weighted by Gasteiger charge is -2.03. The molecule has 0 saturated heterocycles. The topological polar surface area (TPSA) is 64.3 Å². The third-order valence-electron chi connectivity index (χ3n) is 1.32. The number of nitrogens with two attached hydrogens (primary N) is 1. The van der Waals surface area contributed by atoms with Crippen LogP contribution >= 0.6 is 11.6 Å². The maximum absolute atomic E-state index is 11.0. The van der Waals surface area contributed by atoms with Crippen LogP contribution in [0.15, 0.2) is 24.3 Å². The number of carbonyl (C=O) groups excluding carboxylic acids is 1. The summed E-state index contributed by atoms with van der Waals surface area (Å²) in [6.45, 7) is -0.174. The molecule has 0 heterocycles. The monoisotopic (exact) mass is 200 g/mol. The van der Waals surface area contributed by atoms with Gasteiger partial charge in [0.2, 0.25) is 0 Å². The average Bonchev–Trinajstić information content (AvgIpc) is 2.04. The van der Waals surface area contributed by atoms with E-state index in [4.69, 9.17) is 17.5 Å². The van der Waals surface area contributed by atoms with Crippen LogP contribution in [0.5, 0.6) is 0 Å². The molecule has 0 aliphatic carbocycles. The second kappa shape index (κ2) is 4.81. The molecule has 1 amide bonds. The lowest BCUT2D eigenvalue weighted by Crippen LogP contribution is -2.20. The zero-order valence-corrected chi connectivity index (χ0v) is 7.54. The standard InChI is InChI=1S/C8H9ClN2O2/c9-6-2-1-3-7(4-6)11-8(12)5-13-10/h1-4H,5,10H2,(H,11,12). The fourth-order valence-corrected chi connectivity index (χ4v) is 1.03. The van der Waals surface area contributed by atoms with Crippen LogP contribution in [0.25, 0.3) is 0 Å². The first-order valence-corrected chi connectivity index (χ1v) is 3.97. The summed E-state index contributed by atoms with van der Waals surface area (Å²) in [6, 6.07) is 6.81. The third-order valence-corrected chi connectivity index (χ3v) is 1.56. The van der Waals surface area contributed by atoms with Crippen LogP contribution in [-0.2, 0) is 9.63 Å². The number of carbonyl (C=O) groups is 1. The summed E-state index contributed by atoms with van der Waals surface area (Å²) in [5.41, 5.74) is 0.620. The molecule has 70 valence electrons. The number of nitrogens with one attached hydrogen (secondary N) is 1. The predicted octanol–water partition coefficient (Wildman–Crippen LogP) is 1.17. The van der Waals surface area contributed by atoms with E-state index in [1.807, 2.05) is 0 Å². The van der Waals surface area contributed by atoms with Crippen molar-refractivity contribution < 1.29 is 9.63 Å². The summed E-state index contributed by atoms with van der Waals surface area (Å²) in [7, 11) is 0. The number of benzene rings is 1. The van der Waals surface area contributed by atoms with Crippen LogP contribution in [-0.4, -0.2) is 12.5 Å². The molecule has 0 bridgehead atoms. The maximum Gasteiger partial charge on any atom is 0.252 e. The molecule has 0 unspecified atom stereocenters. The van der Waals surface area contributed by atoms with Crippen LogP contribution in [0.4, 0.5) is 5.69 Å². The molecular weight excluding hydrogens is 192 g/mol. The van der Waals surface area contributed by atoms with E-state index in [0.29, 0.717) is 10.7 Å². The molecule has 0 fully saturated rings. The Kier molecular flexibility index (Phi) is 3.70. The minimum absolute atomic E-state index is 0.174. The number of amides is 1. The van der Waals surface area contributed by atoms with Gasteiger partial charge >= 0.3 is 0 Å². The van der Waals surface area contributed by atoms with E-state index in [9.17, 15) is 4.79 Å². The van der Waals surface area contributed by atoms with E-state index in [0.717, 1.165) is 0 Å². The lowest BCUT2D eigenvalue weighted by molar-refractivity contribution is -0.120. The molecule has 0 aliphatic rings. The fraction of sp³-hybridized carbons (Fsp3) is 0.125. The van der Waals surface area contributed by atoms with Gasteiger partial charge in [0.05, 0.1) is 0 Å². The molecule has 0 saturated carbocycles. The molecular formula is C8H9ClN2O2. The highest BCUT2D eigenvalue weighted by Gasteiger charge is 2.00. The molecule has 0 atom stereocenters. The first kappa shape index (κ1) is 9.98. The van der Waals surface area contributed by atoms with Crippen molar-refractivity contribution in [3.05, 3.63) is 29.3 Å². The number of hydrogen-bond donors (Lipinski definition) is 2. The summed E-state index contributed by atoms with van der Waals surface area (Å²) >= 11 is 5.70. The number of halogens is 1. The second-order valence-electron chi connectivity index (χ2n) is 2.37. The zero-order valence-electron chi connectivity index (χ0n) is 6.79. The van der Waals surface area contributed by atoms with Gasteiger partial charge in [-0.15, -0.1) is 0 Å². The zero-order chi connectivity index (χ0) is 9.68. The van der Waals surface area contributed by atoms with E-state index in [-0.39, 0.29) is 12.5 Å². The summed E-state index contributed by atoms with van der Waals surface area (Å²) in [5, 5.41) is 3.12. The Hall–Kier alpha value is -1.10. The molecule has 5 heteroatoms. The van der Waals surface area contributed by atoms with E-state index >= 15 is 0 Å². The van der Waals surface area contributed by atoms with Crippen molar-refractivity contribution in [2.75, 3.05) is 11.9 Å². The lowest BCUT2D eigenvalue weighted by atomic mass is 10.3. The molecule has 0 aromatic heterocycles. The van der Waals surface area contributed by atoms with Gasteiger partial charge in [-0.3, -0.25) is 9.63 Å². The molecule has 0 aliphatic heterocycles. The molecule has 3 N–H and O–H groups in total. The van der Waals surface area contributed by atoms with Crippen molar-refractivity contribution in [2.45, 2.75) is 0 Å². The predicted molar refractivity (Wildman–Crippen MR) is 50.2 cm³/mol. The van der Waals surface area contributed by atoms with E-state index in [1.54, 1.807) is 24.3 Å². The summed E-state index contributed by atoms with van der Waals surface area (Å²) < 4.78 is 0.